The Morgan fingerprint density at radius 2 is 2.17 bits per heavy atom. The van der Waals surface area contributed by atoms with Crippen LogP contribution in [0.25, 0.3) is 0 Å². The fourth-order valence-corrected chi connectivity index (χ4v) is 4.14. The third-order valence-electron chi connectivity index (χ3n) is 3.07. The fraction of sp³-hybridized carbons (Fsp3) is 0.545. The molecule has 1 aromatic heterocycles. The first-order valence-electron chi connectivity index (χ1n) is 5.65. The maximum Gasteiger partial charge on any atom is 0.322 e. The summed E-state index contributed by atoms with van der Waals surface area (Å²) in [5.41, 5.74) is 0. The van der Waals surface area contributed by atoms with Crippen molar-refractivity contribution in [3.8, 4) is 0 Å². The first kappa shape index (κ1) is 13.1. The van der Waals surface area contributed by atoms with E-state index in [1.165, 1.54) is 6.07 Å². The summed E-state index contributed by atoms with van der Waals surface area (Å²) >= 11 is 0. The van der Waals surface area contributed by atoms with Gasteiger partial charge in [-0.3, -0.25) is 4.79 Å². The first-order chi connectivity index (χ1) is 8.34. The van der Waals surface area contributed by atoms with Crippen molar-refractivity contribution < 1.29 is 22.7 Å². The van der Waals surface area contributed by atoms with Crippen LogP contribution in [0.15, 0.2) is 15.4 Å². The smallest absolute Gasteiger partial charge is 0.322 e. The minimum absolute atomic E-state index is 0.0631. The minimum atomic E-state index is -3.78. The molecule has 0 unspecified atom stereocenters. The molecule has 0 aliphatic carbocycles. The summed E-state index contributed by atoms with van der Waals surface area (Å²) in [5, 5.41) is 9.04. The van der Waals surface area contributed by atoms with Gasteiger partial charge in [-0.15, -0.1) is 0 Å². The van der Waals surface area contributed by atoms with Gasteiger partial charge in [0.25, 0.3) is 0 Å². The van der Waals surface area contributed by atoms with Gasteiger partial charge in [-0.05, 0) is 32.8 Å². The topological polar surface area (TPSA) is 87.8 Å². The number of aryl methyl sites for hydroxylation is 2. The van der Waals surface area contributed by atoms with Crippen LogP contribution in [0, 0.1) is 13.8 Å². The molecule has 0 aromatic carbocycles. The molecule has 1 atom stereocenters. The van der Waals surface area contributed by atoms with E-state index < -0.39 is 22.0 Å². The average Bonchev–Trinajstić information content (AvgIpc) is 2.84. The largest absolute Gasteiger partial charge is 0.480 e. The third-order valence-corrected chi connectivity index (χ3v) is 5.09. The van der Waals surface area contributed by atoms with Crippen molar-refractivity contribution in [2.45, 2.75) is 37.6 Å². The summed E-state index contributed by atoms with van der Waals surface area (Å²) in [6.45, 7) is 3.46. The molecule has 2 rings (SSSR count). The molecular weight excluding hydrogens is 258 g/mol. The number of hydrogen-bond donors (Lipinski definition) is 1. The summed E-state index contributed by atoms with van der Waals surface area (Å²) in [5.74, 6) is -0.311. The summed E-state index contributed by atoms with van der Waals surface area (Å²) < 4.78 is 31.0. The Bertz CT molecular complexity index is 574. The van der Waals surface area contributed by atoms with Crippen LogP contribution in [-0.2, 0) is 14.8 Å². The summed E-state index contributed by atoms with van der Waals surface area (Å²) in [6, 6.07) is 0.464. The van der Waals surface area contributed by atoms with Crippen molar-refractivity contribution in [2.75, 3.05) is 6.54 Å². The molecule has 100 valence electrons. The molecule has 0 radical (unpaired) electrons. The molecule has 0 spiro atoms. The van der Waals surface area contributed by atoms with E-state index in [-0.39, 0.29) is 11.4 Å². The van der Waals surface area contributed by atoms with Crippen LogP contribution in [0.2, 0.25) is 0 Å². The molecule has 7 heteroatoms. The molecule has 6 nitrogen and oxygen atoms in total. The van der Waals surface area contributed by atoms with Crippen molar-refractivity contribution >= 4 is 16.0 Å². The Balaban J connectivity index is 2.43. The third kappa shape index (κ3) is 2.04. The van der Waals surface area contributed by atoms with Crippen LogP contribution in [0.4, 0.5) is 0 Å². The first-order valence-corrected chi connectivity index (χ1v) is 7.09. The van der Waals surface area contributed by atoms with Crippen molar-refractivity contribution in [1.82, 2.24) is 4.31 Å². The normalized spacial score (nSPS) is 21.3. The van der Waals surface area contributed by atoms with E-state index in [9.17, 15) is 13.2 Å². The standard InChI is InChI=1S/C11H15NO5S/c1-7-6-10(8(2)17-7)18(15,16)12-5-3-4-9(12)11(13)14/h6,9H,3-5H2,1-2H3,(H,13,14)/t9-/m1/s1. The van der Waals surface area contributed by atoms with Gasteiger partial charge in [0.2, 0.25) is 10.0 Å². The second-order valence-corrected chi connectivity index (χ2v) is 6.25. The second-order valence-electron chi connectivity index (χ2n) is 4.39. The van der Waals surface area contributed by atoms with Gasteiger partial charge in [-0.2, -0.15) is 4.31 Å². The van der Waals surface area contributed by atoms with Crippen LogP contribution < -0.4 is 0 Å². The Morgan fingerprint density at radius 1 is 1.50 bits per heavy atom. The molecule has 1 aliphatic heterocycles. The predicted octanol–water partition coefficient (Wildman–Crippen LogP) is 1.13. The summed E-state index contributed by atoms with van der Waals surface area (Å²) in [7, 11) is -3.78. The van der Waals surface area contributed by atoms with Gasteiger partial charge in [0, 0.05) is 6.54 Å². The van der Waals surface area contributed by atoms with Gasteiger partial charge in [0.05, 0.1) is 0 Å². The van der Waals surface area contributed by atoms with E-state index in [0.717, 1.165) is 4.31 Å². The SMILES string of the molecule is Cc1cc(S(=O)(=O)N2CCC[C@@H]2C(=O)O)c(C)o1. The molecule has 1 fully saturated rings. The van der Waals surface area contributed by atoms with Crippen molar-refractivity contribution in [3.05, 3.63) is 17.6 Å². The molecule has 18 heavy (non-hydrogen) atoms. The van der Waals surface area contributed by atoms with Gasteiger partial charge >= 0.3 is 5.97 Å². The van der Waals surface area contributed by atoms with Gasteiger partial charge in [0.1, 0.15) is 22.5 Å². The molecule has 1 aromatic rings. The number of carboxylic acids is 1. The number of carboxylic acid groups (broad SMARTS) is 1. The monoisotopic (exact) mass is 273 g/mol. The lowest BCUT2D eigenvalue weighted by atomic mass is 10.2. The zero-order valence-electron chi connectivity index (χ0n) is 10.2. The highest BCUT2D eigenvalue weighted by Crippen LogP contribution is 2.29. The highest BCUT2D eigenvalue weighted by molar-refractivity contribution is 7.89. The predicted molar refractivity (Wildman–Crippen MR) is 62.7 cm³/mol. The van der Waals surface area contributed by atoms with Crippen LogP contribution in [0.5, 0.6) is 0 Å². The van der Waals surface area contributed by atoms with Gasteiger partial charge < -0.3 is 9.52 Å². The quantitative estimate of drug-likeness (QED) is 0.892. The van der Waals surface area contributed by atoms with E-state index in [0.29, 0.717) is 24.4 Å². The van der Waals surface area contributed by atoms with Crippen molar-refractivity contribution in [2.24, 2.45) is 0 Å². The average molecular weight is 273 g/mol. The lowest BCUT2D eigenvalue weighted by Crippen LogP contribution is -2.40. The van der Waals surface area contributed by atoms with Crippen molar-refractivity contribution in [1.29, 1.82) is 0 Å². The molecular formula is C11H15NO5S. The highest BCUT2D eigenvalue weighted by Gasteiger charge is 2.40. The fourth-order valence-electron chi connectivity index (χ4n) is 2.26. The highest BCUT2D eigenvalue weighted by atomic mass is 32.2. The molecule has 0 bridgehead atoms. The second kappa shape index (κ2) is 4.40. The molecule has 1 aliphatic rings. The van der Waals surface area contributed by atoms with Crippen molar-refractivity contribution in [3.63, 3.8) is 0 Å². The number of nitrogens with zero attached hydrogens (tertiary/aromatic N) is 1. The zero-order valence-corrected chi connectivity index (χ0v) is 11.0. The van der Waals surface area contributed by atoms with Crippen LogP contribution >= 0.6 is 0 Å². The van der Waals surface area contributed by atoms with Gasteiger partial charge in [0.15, 0.2) is 0 Å². The van der Waals surface area contributed by atoms with E-state index in [1.807, 2.05) is 0 Å². The number of aliphatic carboxylic acids is 1. The Morgan fingerprint density at radius 3 is 2.67 bits per heavy atom. The van der Waals surface area contributed by atoms with E-state index in [1.54, 1.807) is 13.8 Å². The number of hydrogen-bond acceptors (Lipinski definition) is 4. The Labute approximate surface area is 105 Å². The zero-order chi connectivity index (χ0) is 13.5. The number of carbonyl (C=O) groups is 1. The number of sulfonamides is 1. The number of rotatable bonds is 3. The molecule has 2 heterocycles. The lowest BCUT2D eigenvalue weighted by molar-refractivity contribution is -0.140. The van der Waals surface area contributed by atoms with E-state index in [2.05, 4.69) is 0 Å². The van der Waals surface area contributed by atoms with Crippen LogP contribution in [0.1, 0.15) is 24.4 Å². The molecule has 0 saturated carbocycles. The van der Waals surface area contributed by atoms with Crippen LogP contribution in [0.3, 0.4) is 0 Å². The lowest BCUT2D eigenvalue weighted by Gasteiger charge is -2.20. The Kier molecular flexibility index (Phi) is 3.20. The van der Waals surface area contributed by atoms with E-state index in [4.69, 9.17) is 9.52 Å². The summed E-state index contributed by atoms with van der Waals surface area (Å²) in [4.78, 5) is 11.1. The maximum absolute atomic E-state index is 12.4. The summed E-state index contributed by atoms with van der Waals surface area (Å²) in [6.07, 6.45) is 0.913. The van der Waals surface area contributed by atoms with Gasteiger partial charge in [-0.1, -0.05) is 0 Å². The van der Waals surface area contributed by atoms with Crippen LogP contribution in [-0.4, -0.2) is 36.4 Å². The Hall–Kier alpha value is -1.34. The molecule has 0 amide bonds. The maximum atomic E-state index is 12.4. The number of furan rings is 1. The molecule has 1 saturated heterocycles. The van der Waals surface area contributed by atoms with E-state index >= 15 is 0 Å². The minimum Gasteiger partial charge on any atom is -0.480 e. The molecule has 1 N–H and O–H groups in total. The van der Waals surface area contributed by atoms with Gasteiger partial charge in [-0.25, -0.2) is 8.42 Å².